The van der Waals surface area contributed by atoms with E-state index in [-0.39, 0.29) is 0 Å². The van der Waals surface area contributed by atoms with Gasteiger partial charge in [-0.25, -0.2) is 0 Å². The maximum absolute atomic E-state index is 4.93. The van der Waals surface area contributed by atoms with E-state index in [2.05, 4.69) is 27.7 Å². The van der Waals surface area contributed by atoms with Crippen molar-refractivity contribution in [2.45, 2.75) is 78.3 Å². The molecule has 2 unspecified atom stereocenters. The van der Waals surface area contributed by atoms with Crippen molar-refractivity contribution in [2.75, 3.05) is 0 Å². The molecule has 0 saturated heterocycles. The van der Waals surface area contributed by atoms with Crippen molar-refractivity contribution in [1.29, 1.82) is 0 Å². The lowest BCUT2D eigenvalue weighted by Crippen LogP contribution is -2.32. The van der Waals surface area contributed by atoms with E-state index < -0.39 is 0 Å². The zero-order valence-corrected chi connectivity index (χ0v) is 11.3. The lowest BCUT2D eigenvalue weighted by atomic mass is 9.97. The maximum atomic E-state index is 4.93. The molecule has 0 radical (unpaired) electrons. The van der Waals surface area contributed by atoms with Gasteiger partial charge in [-0.3, -0.25) is 9.98 Å². The van der Waals surface area contributed by atoms with Crippen molar-refractivity contribution in [1.82, 2.24) is 0 Å². The molecule has 0 aliphatic carbocycles. The Morgan fingerprint density at radius 1 is 0.750 bits per heavy atom. The molecule has 0 N–H and O–H groups in total. The van der Waals surface area contributed by atoms with E-state index in [0.29, 0.717) is 12.1 Å². The molecular formula is C14H26N2. The van der Waals surface area contributed by atoms with E-state index >= 15 is 0 Å². The molecule has 2 heteroatoms. The monoisotopic (exact) mass is 222 g/mol. The van der Waals surface area contributed by atoms with Crippen LogP contribution in [0.4, 0.5) is 0 Å². The second-order valence-electron chi connectivity index (χ2n) is 4.59. The zero-order valence-electron chi connectivity index (χ0n) is 11.3. The average molecular weight is 222 g/mol. The van der Waals surface area contributed by atoms with Crippen LogP contribution >= 0.6 is 0 Å². The van der Waals surface area contributed by atoms with E-state index in [4.69, 9.17) is 9.98 Å². The van der Waals surface area contributed by atoms with E-state index in [1.807, 2.05) is 0 Å². The second-order valence-corrected chi connectivity index (χ2v) is 4.59. The lowest BCUT2D eigenvalue weighted by Gasteiger charge is -2.26. The molecular weight excluding hydrogens is 196 g/mol. The van der Waals surface area contributed by atoms with Gasteiger partial charge in [-0.15, -0.1) is 0 Å². The molecule has 2 atom stereocenters. The normalized spacial score (nSPS) is 25.2. The van der Waals surface area contributed by atoms with Gasteiger partial charge in [-0.05, 0) is 25.7 Å². The number of hydrogen-bond acceptors (Lipinski definition) is 2. The van der Waals surface area contributed by atoms with Crippen molar-refractivity contribution in [3.8, 4) is 0 Å². The summed E-state index contributed by atoms with van der Waals surface area (Å²) in [6.45, 7) is 8.88. The quantitative estimate of drug-likeness (QED) is 0.648. The molecule has 92 valence electrons. The van der Waals surface area contributed by atoms with Crippen molar-refractivity contribution in [3.63, 3.8) is 0 Å². The lowest BCUT2D eigenvalue weighted by molar-refractivity contribution is 0.699. The number of aliphatic imine (C=N–C) groups is 2. The molecule has 0 saturated carbocycles. The number of rotatable bonds is 6. The Kier molecular flexibility index (Phi) is 5.72. The van der Waals surface area contributed by atoms with Crippen molar-refractivity contribution >= 4 is 11.4 Å². The van der Waals surface area contributed by atoms with Crippen LogP contribution in [0.2, 0.25) is 0 Å². The van der Waals surface area contributed by atoms with Gasteiger partial charge in [0.05, 0.1) is 12.1 Å². The van der Waals surface area contributed by atoms with Gasteiger partial charge in [0, 0.05) is 11.4 Å². The maximum Gasteiger partial charge on any atom is 0.0874 e. The van der Waals surface area contributed by atoms with Crippen LogP contribution < -0.4 is 0 Å². The minimum absolute atomic E-state index is 0.379. The van der Waals surface area contributed by atoms with Crippen LogP contribution in [-0.4, -0.2) is 23.5 Å². The fourth-order valence-corrected chi connectivity index (χ4v) is 2.35. The molecule has 0 aromatic heterocycles. The van der Waals surface area contributed by atoms with Crippen LogP contribution in [0.1, 0.15) is 66.2 Å². The highest BCUT2D eigenvalue weighted by Gasteiger charge is 2.23. The largest absolute Gasteiger partial charge is 0.283 e. The Morgan fingerprint density at radius 3 is 1.38 bits per heavy atom. The molecule has 1 aliphatic rings. The summed E-state index contributed by atoms with van der Waals surface area (Å²) in [5, 5.41) is 0. The molecule has 0 spiro atoms. The van der Waals surface area contributed by atoms with Crippen molar-refractivity contribution in [2.24, 2.45) is 9.98 Å². The fraction of sp³-hybridized carbons (Fsp3) is 0.857. The molecule has 0 aromatic rings. The summed E-state index contributed by atoms with van der Waals surface area (Å²) in [5.41, 5.74) is 2.69. The van der Waals surface area contributed by atoms with Gasteiger partial charge >= 0.3 is 0 Å². The van der Waals surface area contributed by atoms with Gasteiger partial charge in [0.2, 0.25) is 0 Å². The van der Waals surface area contributed by atoms with Crippen molar-refractivity contribution in [3.05, 3.63) is 0 Å². The third-order valence-corrected chi connectivity index (χ3v) is 3.20. The molecule has 0 fully saturated rings. The van der Waals surface area contributed by atoms with E-state index in [1.54, 1.807) is 0 Å². The highest BCUT2D eigenvalue weighted by Crippen LogP contribution is 2.19. The highest BCUT2D eigenvalue weighted by atomic mass is 15.0. The van der Waals surface area contributed by atoms with Gasteiger partial charge in [0.25, 0.3) is 0 Å². The highest BCUT2D eigenvalue weighted by molar-refractivity contribution is 6.00. The summed E-state index contributed by atoms with van der Waals surface area (Å²) >= 11 is 0. The topological polar surface area (TPSA) is 24.7 Å². The van der Waals surface area contributed by atoms with Gasteiger partial charge in [-0.2, -0.15) is 0 Å². The van der Waals surface area contributed by atoms with Crippen LogP contribution in [0.3, 0.4) is 0 Å². The van der Waals surface area contributed by atoms with E-state index in [0.717, 1.165) is 25.7 Å². The average Bonchev–Trinajstić information content (AvgIpc) is 2.31. The molecule has 0 aromatic carbocycles. The van der Waals surface area contributed by atoms with Crippen LogP contribution in [0.5, 0.6) is 0 Å². The predicted octanol–water partition coefficient (Wildman–Crippen LogP) is 4.04. The number of nitrogens with zero attached hydrogens (tertiary/aromatic N) is 2. The Hall–Kier alpha value is -0.660. The van der Waals surface area contributed by atoms with Gasteiger partial charge in [-0.1, -0.05) is 40.5 Å². The molecule has 0 bridgehead atoms. The van der Waals surface area contributed by atoms with Gasteiger partial charge in [0.1, 0.15) is 0 Å². The Balaban J connectivity index is 2.83. The van der Waals surface area contributed by atoms with Crippen LogP contribution in [0, 0.1) is 0 Å². The van der Waals surface area contributed by atoms with Crippen LogP contribution in [0.25, 0.3) is 0 Å². The molecule has 16 heavy (non-hydrogen) atoms. The SMILES string of the molecule is CCCC1=NC(CC)C(CCC)=NC1CC. The zero-order chi connectivity index (χ0) is 12.0. The van der Waals surface area contributed by atoms with E-state index in [1.165, 1.54) is 24.3 Å². The molecule has 0 amide bonds. The Bertz CT molecular complexity index is 238. The van der Waals surface area contributed by atoms with Gasteiger partial charge < -0.3 is 0 Å². The summed E-state index contributed by atoms with van der Waals surface area (Å²) < 4.78 is 0. The molecule has 1 heterocycles. The molecule has 1 aliphatic heterocycles. The Labute approximate surface area is 100 Å². The first-order valence-electron chi connectivity index (χ1n) is 6.89. The minimum Gasteiger partial charge on any atom is -0.283 e. The summed E-state index contributed by atoms with van der Waals surface area (Å²) in [7, 11) is 0. The summed E-state index contributed by atoms with van der Waals surface area (Å²) in [5.74, 6) is 0. The summed E-state index contributed by atoms with van der Waals surface area (Å²) in [4.78, 5) is 9.86. The van der Waals surface area contributed by atoms with Gasteiger partial charge in [0.15, 0.2) is 0 Å². The third-order valence-electron chi connectivity index (χ3n) is 3.20. The second kappa shape index (κ2) is 6.82. The van der Waals surface area contributed by atoms with Crippen molar-refractivity contribution < 1.29 is 0 Å². The first-order valence-corrected chi connectivity index (χ1v) is 6.89. The van der Waals surface area contributed by atoms with E-state index in [9.17, 15) is 0 Å². The number of hydrogen-bond donors (Lipinski definition) is 0. The smallest absolute Gasteiger partial charge is 0.0874 e. The van der Waals surface area contributed by atoms with Crippen LogP contribution in [0.15, 0.2) is 9.98 Å². The molecule has 1 rings (SSSR count). The fourth-order valence-electron chi connectivity index (χ4n) is 2.35. The summed E-state index contributed by atoms with van der Waals surface area (Å²) in [6, 6.07) is 0.758. The minimum atomic E-state index is 0.379. The Morgan fingerprint density at radius 2 is 1.12 bits per heavy atom. The first-order chi connectivity index (χ1) is 7.76. The third kappa shape index (κ3) is 3.16. The first kappa shape index (κ1) is 13.4. The predicted molar refractivity (Wildman–Crippen MR) is 72.8 cm³/mol. The standard InChI is InChI=1S/C14H26N2/c1-5-9-13-11(7-3)16-14(10-6-2)12(8-4)15-13/h11-12H,5-10H2,1-4H3. The van der Waals surface area contributed by atoms with Crippen LogP contribution in [-0.2, 0) is 0 Å². The summed E-state index contributed by atoms with van der Waals surface area (Å²) in [6.07, 6.45) is 6.82. The molecule has 2 nitrogen and oxygen atoms in total.